The third-order valence-electron chi connectivity index (χ3n) is 3.52. The Bertz CT molecular complexity index is 459. The zero-order valence-electron chi connectivity index (χ0n) is 13.3. The molecule has 124 valence electrons. The van der Waals surface area contributed by atoms with Gasteiger partial charge in [-0.2, -0.15) is 11.8 Å². The van der Waals surface area contributed by atoms with Crippen molar-refractivity contribution >= 4 is 41.7 Å². The molecule has 1 fully saturated rings. The first kappa shape index (κ1) is 19.4. The highest BCUT2D eigenvalue weighted by molar-refractivity contribution is 14.0. The van der Waals surface area contributed by atoms with Crippen molar-refractivity contribution in [3.05, 3.63) is 29.8 Å². The summed E-state index contributed by atoms with van der Waals surface area (Å²) in [7, 11) is 0. The Hall–Kier alpha value is -0.630. The molecule has 0 aromatic heterocycles. The molecule has 0 bridgehead atoms. The topological polar surface area (TPSA) is 50.9 Å². The molecule has 1 aromatic rings. The Labute approximate surface area is 154 Å². The first-order valence-corrected chi connectivity index (χ1v) is 8.67. The van der Waals surface area contributed by atoms with Gasteiger partial charge in [-0.3, -0.25) is 0 Å². The van der Waals surface area contributed by atoms with Crippen LogP contribution in [-0.4, -0.2) is 48.6 Å². The van der Waals surface area contributed by atoms with E-state index in [-0.39, 0.29) is 24.0 Å². The van der Waals surface area contributed by atoms with E-state index in [2.05, 4.69) is 35.9 Å². The second-order valence-corrected chi connectivity index (χ2v) is 6.64. The fraction of sp³-hybridized carbons (Fsp3) is 0.562. The van der Waals surface area contributed by atoms with Gasteiger partial charge in [-0.1, -0.05) is 26.0 Å². The van der Waals surface area contributed by atoms with Crippen LogP contribution in [0, 0.1) is 0 Å². The molecular formula is C16H26IN3OS. The van der Waals surface area contributed by atoms with E-state index in [0.29, 0.717) is 25.0 Å². The first-order chi connectivity index (χ1) is 10.2. The molecule has 4 nitrogen and oxygen atoms in total. The number of halogens is 1. The molecule has 1 aromatic carbocycles. The van der Waals surface area contributed by atoms with Crippen LogP contribution in [0.4, 0.5) is 0 Å². The van der Waals surface area contributed by atoms with Crippen molar-refractivity contribution < 1.29 is 4.74 Å². The van der Waals surface area contributed by atoms with E-state index in [0.717, 1.165) is 30.3 Å². The van der Waals surface area contributed by atoms with Crippen molar-refractivity contribution in [2.45, 2.75) is 19.8 Å². The number of thioether (sulfide) groups is 1. The van der Waals surface area contributed by atoms with E-state index in [1.165, 1.54) is 5.56 Å². The van der Waals surface area contributed by atoms with Crippen molar-refractivity contribution in [3.8, 4) is 5.75 Å². The Morgan fingerprint density at radius 3 is 2.50 bits per heavy atom. The lowest BCUT2D eigenvalue weighted by Gasteiger charge is -2.27. The molecule has 0 spiro atoms. The van der Waals surface area contributed by atoms with Crippen LogP contribution < -0.4 is 10.5 Å². The number of hydrogen-bond acceptors (Lipinski definition) is 3. The average Bonchev–Trinajstić information content (AvgIpc) is 2.52. The smallest absolute Gasteiger partial charge is 0.191 e. The quantitative estimate of drug-likeness (QED) is 0.334. The molecule has 1 aliphatic rings. The number of aliphatic imine (C=N–C) groups is 1. The molecular weight excluding hydrogens is 409 g/mol. The monoisotopic (exact) mass is 435 g/mol. The molecule has 22 heavy (non-hydrogen) atoms. The second kappa shape index (κ2) is 10.2. The summed E-state index contributed by atoms with van der Waals surface area (Å²) in [6.07, 6.45) is 0. The summed E-state index contributed by atoms with van der Waals surface area (Å²) < 4.78 is 5.69. The van der Waals surface area contributed by atoms with E-state index < -0.39 is 0 Å². The molecule has 1 heterocycles. The number of nitrogens with zero attached hydrogens (tertiary/aromatic N) is 2. The highest BCUT2D eigenvalue weighted by Crippen LogP contribution is 2.18. The number of rotatable bonds is 5. The van der Waals surface area contributed by atoms with Crippen LogP contribution in [-0.2, 0) is 0 Å². The lowest BCUT2D eigenvalue weighted by Crippen LogP contribution is -2.42. The molecule has 1 aliphatic heterocycles. The SMILES string of the molecule is CC(C)c1ccc(OCCN=C(N)N2CCSCC2)cc1.I. The summed E-state index contributed by atoms with van der Waals surface area (Å²) >= 11 is 1.97. The maximum Gasteiger partial charge on any atom is 0.191 e. The van der Waals surface area contributed by atoms with E-state index in [4.69, 9.17) is 10.5 Å². The molecule has 0 atom stereocenters. The normalized spacial score (nSPS) is 15.6. The van der Waals surface area contributed by atoms with Crippen molar-refractivity contribution in [1.82, 2.24) is 4.90 Å². The van der Waals surface area contributed by atoms with Gasteiger partial charge in [0, 0.05) is 24.6 Å². The summed E-state index contributed by atoms with van der Waals surface area (Å²) in [5, 5.41) is 0. The Balaban J connectivity index is 0.00000242. The van der Waals surface area contributed by atoms with Gasteiger partial charge in [0.15, 0.2) is 5.96 Å². The molecule has 0 radical (unpaired) electrons. The minimum absolute atomic E-state index is 0. The van der Waals surface area contributed by atoms with E-state index in [9.17, 15) is 0 Å². The fourth-order valence-corrected chi connectivity index (χ4v) is 3.07. The third-order valence-corrected chi connectivity index (χ3v) is 4.46. The maximum absolute atomic E-state index is 5.99. The van der Waals surface area contributed by atoms with Crippen LogP contribution in [0.2, 0.25) is 0 Å². The summed E-state index contributed by atoms with van der Waals surface area (Å²) in [4.78, 5) is 6.54. The van der Waals surface area contributed by atoms with Crippen LogP contribution in [0.3, 0.4) is 0 Å². The number of ether oxygens (including phenoxy) is 1. The highest BCUT2D eigenvalue weighted by atomic mass is 127. The van der Waals surface area contributed by atoms with Crippen molar-refractivity contribution in [3.63, 3.8) is 0 Å². The largest absolute Gasteiger partial charge is 0.492 e. The molecule has 0 amide bonds. The predicted molar refractivity (Wildman–Crippen MR) is 107 cm³/mol. The molecule has 0 saturated carbocycles. The summed E-state index contributed by atoms with van der Waals surface area (Å²) in [6, 6.07) is 8.26. The zero-order chi connectivity index (χ0) is 15.1. The van der Waals surface area contributed by atoms with Crippen LogP contribution in [0.25, 0.3) is 0 Å². The summed E-state index contributed by atoms with van der Waals surface area (Å²) in [5.41, 5.74) is 7.32. The third kappa shape index (κ3) is 6.24. The van der Waals surface area contributed by atoms with E-state index in [1.807, 2.05) is 23.9 Å². The standard InChI is InChI=1S/C16H25N3OS.HI/c1-13(2)14-3-5-15(6-4-14)20-10-7-18-16(17)19-8-11-21-12-9-19;/h3-6,13H,7-12H2,1-2H3,(H2,17,18);1H. The Morgan fingerprint density at radius 1 is 1.27 bits per heavy atom. The van der Waals surface area contributed by atoms with Gasteiger partial charge in [-0.25, -0.2) is 4.99 Å². The van der Waals surface area contributed by atoms with Gasteiger partial charge in [0.25, 0.3) is 0 Å². The number of benzene rings is 1. The average molecular weight is 435 g/mol. The van der Waals surface area contributed by atoms with Crippen LogP contribution >= 0.6 is 35.7 Å². The minimum Gasteiger partial charge on any atom is -0.492 e. The molecule has 6 heteroatoms. The van der Waals surface area contributed by atoms with Gasteiger partial charge in [0.05, 0.1) is 6.54 Å². The lowest BCUT2D eigenvalue weighted by molar-refractivity contribution is 0.327. The summed E-state index contributed by atoms with van der Waals surface area (Å²) in [5.74, 6) is 4.35. The molecule has 0 unspecified atom stereocenters. The van der Waals surface area contributed by atoms with Crippen LogP contribution in [0.1, 0.15) is 25.3 Å². The van der Waals surface area contributed by atoms with Gasteiger partial charge in [0.2, 0.25) is 0 Å². The van der Waals surface area contributed by atoms with Crippen LogP contribution in [0.5, 0.6) is 5.75 Å². The van der Waals surface area contributed by atoms with Crippen molar-refractivity contribution in [2.75, 3.05) is 37.7 Å². The highest BCUT2D eigenvalue weighted by Gasteiger charge is 2.11. The Morgan fingerprint density at radius 2 is 1.91 bits per heavy atom. The molecule has 0 aliphatic carbocycles. The minimum atomic E-state index is 0. The van der Waals surface area contributed by atoms with Crippen molar-refractivity contribution in [1.29, 1.82) is 0 Å². The number of hydrogen-bond donors (Lipinski definition) is 1. The predicted octanol–water partition coefficient (Wildman–Crippen LogP) is 3.17. The fourth-order valence-electron chi connectivity index (χ4n) is 2.17. The van der Waals surface area contributed by atoms with Gasteiger partial charge < -0.3 is 15.4 Å². The van der Waals surface area contributed by atoms with E-state index in [1.54, 1.807) is 0 Å². The number of guanidine groups is 1. The van der Waals surface area contributed by atoms with Gasteiger partial charge in [-0.15, -0.1) is 24.0 Å². The number of nitrogens with two attached hydrogens (primary N) is 1. The molecule has 2 rings (SSSR count). The summed E-state index contributed by atoms with van der Waals surface area (Å²) in [6.45, 7) is 7.53. The maximum atomic E-state index is 5.99. The lowest BCUT2D eigenvalue weighted by atomic mass is 10.0. The molecule has 1 saturated heterocycles. The first-order valence-electron chi connectivity index (χ1n) is 7.52. The molecule has 2 N–H and O–H groups in total. The van der Waals surface area contributed by atoms with Crippen LogP contribution in [0.15, 0.2) is 29.3 Å². The van der Waals surface area contributed by atoms with Gasteiger partial charge in [-0.05, 0) is 23.6 Å². The second-order valence-electron chi connectivity index (χ2n) is 5.41. The Kier molecular flexibility index (Phi) is 9.00. The van der Waals surface area contributed by atoms with Gasteiger partial charge in [0.1, 0.15) is 12.4 Å². The zero-order valence-corrected chi connectivity index (χ0v) is 16.5. The van der Waals surface area contributed by atoms with Crippen molar-refractivity contribution in [2.24, 2.45) is 10.7 Å². The van der Waals surface area contributed by atoms with Gasteiger partial charge >= 0.3 is 0 Å². The van der Waals surface area contributed by atoms with E-state index >= 15 is 0 Å².